The van der Waals surface area contributed by atoms with Gasteiger partial charge in [0.2, 0.25) is 0 Å². The van der Waals surface area contributed by atoms with Crippen LogP contribution in [0.4, 0.5) is 5.69 Å². The van der Waals surface area contributed by atoms with Gasteiger partial charge in [-0.25, -0.2) is 0 Å². The summed E-state index contributed by atoms with van der Waals surface area (Å²) in [7, 11) is 0. The summed E-state index contributed by atoms with van der Waals surface area (Å²) < 4.78 is 5.96. The number of amides is 2. The van der Waals surface area contributed by atoms with E-state index in [0.717, 1.165) is 5.56 Å². The lowest BCUT2D eigenvalue weighted by atomic mass is 9.87. The number of ether oxygens (including phenoxy) is 1. The van der Waals surface area contributed by atoms with E-state index in [1.165, 1.54) is 5.56 Å². The van der Waals surface area contributed by atoms with Crippen LogP contribution in [0.15, 0.2) is 78.9 Å². The number of nitrogens with one attached hydrogen (secondary N) is 2. The normalized spacial score (nSPS) is 12.0. The first-order valence-corrected chi connectivity index (χ1v) is 11.3. The number of hydrogen-bond donors (Lipinski definition) is 2. The number of benzene rings is 3. The van der Waals surface area contributed by atoms with Gasteiger partial charge in [-0.3, -0.25) is 9.59 Å². The van der Waals surface area contributed by atoms with Gasteiger partial charge in [0.25, 0.3) is 11.8 Å². The van der Waals surface area contributed by atoms with Crippen LogP contribution < -0.4 is 15.4 Å². The maximum absolute atomic E-state index is 13.0. The molecule has 0 fully saturated rings. The summed E-state index contributed by atoms with van der Waals surface area (Å²) in [6, 6.07) is 24.5. The molecule has 0 aliphatic heterocycles. The standard InChI is InChI=1S/C28H32N2O3/c1-5-25(33-22-17-15-21(16-18-22)28(2,3)4)27(32)30-24-14-10-9-13-23(24)26(31)29-19-20-11-7-6-8-12-20/h6-18,25H,5,19H2,1-4H3,(H,29,31)(H,30,32)/t25-/m1/s1. The summed E-state index contributed by atoms with van der Waals surface area (Å²) in [5, 5.41) is 5.78. The quantitative estimate of drug-likeness (QED) is 0.468. The zero-order chi connectivity index (χ0) is 23.8. The van der Waals surface area contributed by atoms with E-state index >= 15 is 0 Å². The molecule has 0 radical (unpaired) electrons. The van der Waals surface area contributed by atoms with Crippen LogP contribution in [0.3, 0.4) is 0 Å². The van der Waals surface area contributed by atoms with Gasteiger partial charge in [0.1, 0.15) is 5.75 Å². The Kier molecular flexibility index (Phi) is 7.88. The molecule has 1 atom stereocenters. The Morgan fingerprint density at radius 3 is 2.15 bits per heavy atom. The molecule has 0 bridgehead atoms. The molecule has 172 valence electrons. The average molecular weight is 445 g/mol. The first-order valence-electron chi connectivity index (χ1n) is 11.3. The Hall–Kier alpha value is -3.60. The van der Waals surface area contributed by atoms with Gasteiger partial charge in [0, 0.05) is 6.54 Å². The fourth-order valence-electron chi connectivity index (χ4n) is 3.40. The molecule has 3 aromatic carbocycles. The van der Waals surface area contributed by atoms with Gasteiger partial charge >= 0.3 is 0 Å². The molecule has 2 amide bonds. The SMILES string of the molecule is CC[C@@H](Oc1ccc(C(C)(C)C)cc1)C(=O)Nc1ccccc1C(=O)NCc1ccccc1. The second-order valence-corrected chi connectivity index (χ2v) is 8.99. The molecule has 0 heterocycles. The third kappa shape index (κ3) is 6.69. The fraction of sp³-hybridized carbons (Fsp3) is 0.286. The van der Waals surface area contributed by atoms with E-state index in [0.29, 0.717) is 30.0 Å². The first-order chi connectivity index (χ1) is 15.8. The number of hydrogen-bond acceptors (Lipinski definition) is 3. The van der Waals surface area contributed by atoms with Gasteiger partial charge in [0.15, 0.2) is 6.10 Å². The van der Waals surface area contributed by atoms with Gasteiger partial charge < -0.3 is 15.4 Å². The molecule has 33 heavy (non-hydrogen) atoms. The number of para-hydroxylation sites is 1. The summed E-state index contributed by atoms with van der Waals surface area (Å²) in [5.41, 5.74) is 3.11. The Morgan fingerprint density at radius 2 is 1.52 bits per heavy atom. The summed E-state index contributed by atoms with van der Waals surface area (Å²) in [6.07, 6.45) is -0.180. The minimum Gasteiger partial charge on any atom is -0.481 e. The molecule has 0 aromatic heterocycles. The van der Waals surface area contributed by atoms with Crippen LogP contribution in [-0.2, 0) is 16.8 Å². The van der Waals surface area contributed by atoms with Crippen LogP contribution in [-0.4, -0.2) is 17.9 Å². The second kappa shape index (κ2) is 10.8. The van der Waals surface area contributed by atoms with Crippen LogP contribution in [0.2, 0.25) is 0 Å². The molecule has 0 unspecified atom stereocenters. The highest BCUT2D eigenvalue weighted by molar-refractivity contribution is 6.04. The third-order valence-corrected chi connectivity index (χ3v) is 5.39. The van der Waals surface area contributed by atoms with Crippen molar-refractivity contribution in [2.45, 2.75) is 52.2 Å². The Bertz CT molecular complexity index is 1070. The third-order valence-electron chi connectivity index (χ3n) is 5.39. The van der Waals surface area contributed by atoms with Gasteiger partial charge in [0.05, 0.1) is 11.3 Å². The van der Waals surface area contributed by atoms with Crippen molar-refractivity contribution in [1.82, 2.24) is 5.32 Å². The largest absolute Gasteiger partial charge is 0.481 e. The zero-order valence-electron chi connectivity index (χ0n) is 19.7. The smallest absolute Gasteiger partial charge is 0.265 e. The Labute approximate surface area is 196 Å². The van der Waals surface area contributed by atoms with E-state index in [1.54, 1.807) is 24.3 Å². The minimum absolute atomic E-state index is 0.0465. The molecule has 2 N–H and O–H groups in total. The van der Waals surface area contributed by atoms with E-state index in [1.807, 2.05) is 61.5 Å². The average Bonchev–Trinajstić information content (AvgIpc) is 2.81. The molecule has 3 aromatic rings. The van der Waals surface area contributed by atoms with Gasteiger partial charge in [-0.15, -0.1) is 0 Å². The lowest BCUT2D eigenvalue weighted by Gasteiger charge is -2.21. The van der Waals surface area contributed by atoms with Crippen molar-refractivity contribution in [3.05, 3.63) is 95.6 Å². The van der Waals surface area contributed by atoms with E-state index in [9.17, 15) is 9.59 Å². The summed E-state index contributed by atoms with van der Waals surface area (Å²) in [6.45, 7) is 8.76. The Morgan fingerprint density at radius 1 is 0.879 bits per heavy atom. The number of rotatable bonds is 8. The van der Waals surface area contributed by atoms with E-state index in [-0.39, 0.29) is 17.2 Å². The van der Waals surface area contributed by atoms with Gasteiger partial charge in [-0.05, 0) is 47.2 Å². The molecule has 0 aliphatic carbocycles. The van der Waals surface area contributed by atoms with Crippen molar-refractivity contribution in [1.29, 1.82) is 0 Å². The fourth-order valence-corrected chi connectivity index (χ4v) is 3.40. The summed E-state index contributed by atoms with van der Waals surface area (Å²) in [4.78, 5) is 25.7. The highest BCUT2D eigenvalue weighted by Crippen LogP contribution is 2.25. The van der Waals surface area contributed by atoms with Crippen molar-refractivity contribution in [2.75, 3.05) is 5.32 Å². The first kappa shape index (κ1) is 24.1. The lowest BCUT2D eigenvalue weighted by molar-refractivity contribution is -0.122. The highest BCUT2D eigenvalue weighted by Gasteiger charge is 2.21. The predicted octanol–water partition coefficient (Wildman–Crippen LogP) is 5.71. The molecule has 0 saturated heterocycles. The molecule has 0 spiro atoms. The van der Waals surface area contributed by atoms with Crippen LogP contribution >= 0.6 is 0 Å². The molecular formula is C28H32N2O3. The van der Waals surface area contributed by atoms with Crippen LogP contribution in [0.1, 0.15) is 55.6 Å². The van der Waals surface area contributed by atoms with Crippen LogP contribution in [0, 0.1) is 0 Å². The van der Waals surface area contributed by atoms with E-state index in [4.69, 9.17) is 4.74 Å². The number of anilines is 1. The van der Waals surface area contributed by atoms with Crippen LogP contribution in [0.25, 0.3) is 0 Å². The summed E-state index contributed by atoms with van der Waals surface area (Å²) in [5.74, 6) is 0.0982. The van der Waals surface area contributed by atoms with Crippen molar-refractivity contribution in [3.8, 4) is 5.75 Å². The van der Waals surface area contributed by atoms with Gasteiger partial charge in [-0.1, -0.05) is 82.3 Å². The van der Waals surface area contributed by atoms with Gasteiger partial charge in [-0.2, -0.15) is 0 Å². The molecule has 0 saturated carbocycles. The van der Waals surface area contributed by atoms with Crippen molar-refractivity contribution < 1.29 is 14.3 Å². The van der Waals surface area contributed by atoms with E-state index < -0.39 is 6.10 Å². The highest BCUT2D eigenvalue weighted by atomic mass is 16.5. The molecule has 5 heteroatoms. The number of carbonyl (C=O) groups excluding carboxylic acids is 2. The lowest BCUT2D eigenvalue weighted by Crippen LogP contribution is -2.33. The van der Waals surface area contributed by atoms with Crippen molar-refractivity contribution >= 4 is 17.5 Å². The second-order valence-electron chi connectivity index (χ2n) is 8.99. The predicted molar refractivity (Wildman–Crippen MR) is 133 cm³/mol. The zero-order valence-corrected chi connectivity index (χ0v) is 19.7. The molecule has 5 nitrogen and oxygen atoms in total. The van der Waals surface area contributed by atoms with Crippen molar-refractivity contribution in [3.63, 3.8) is 0 Å². The monoisotopic (exact) mass is 444 g/mol. The topological polar surface area (TPSA) is 67.4 Å². The maximum Gasteiger partial charge on any atom is 0.265 e. The Balaban J connectivity index is 1.66. The summed E-state index contributed by atoms with van der Waals surface area (Å²) >= 11 is 0. The van der Waals surface area contributed by atoms with Crippen molar-refractivity contribution in [2.24, 2.45) is 0 Å². The molecular weight excluding hydrogens is 412 g/mol. The van der Waals surface area contributed by atoms with Crippen LogP contribution in [0.5, 0.6) is 5.75 Å². The minimum atomic E-state index is -0.675. The maximum atomic E-state index is 13.0. The van der Waals surface area contributed by atoms with E-state index in [2.05, 4.69) is 31.4 Å². The molecule has 3 rings (SSSR count). The number of carbonyl (C=O) groups is 2. The molecule has 0 aliphatic rings.